The number of carboxylic acid groups (broad SMARTS) is 2. The van der Waals surface area contributed by atoms with Crippen molar-refractivity contribution in [3.63, 3.8) is 0 Å². The van der Waals surface area contributed by atoms with Crippen LogP contribution in [0.15, 0.2) is 0 Å². The first-order valence-electron chi connectivity index (χ1n) is 6.81. The Morgan fingerprint density at radius 2 is 1.39 bits per heavy atom. The molecule has 0 amide bonds. The van der Waals surface area contributed by atoms with Crippen LogP contribution in [0.2, 0.25) is 0 Å². The number of hydrogen-bond donors (Lipinski definition) is 2. The summed E-state index contributed by atoms with van der Waals surface area (Å²) in [4.78, 5) is 22.1. The molecule has 0 aromatic rings. The summed E-state index contributed by atoms with van der Waals surface area (Å²) in [5.41, 5.74) is 0.109. The number of carboxylic acids is 2. The van der Waals surface area contributed by atoms with Gasteiger partial charge in [0.15, 0.2) is 0 Å². The van der Waals surface area contributed by atoms with Gasteiger partial charge in [-0.15, -0.1) is 0 Å². The van der Waals surface area contributed by atoms with E-state index in [-0.39, 0.29) is 23.7 Å². The maximum atomic E-state index is 11.1. The van der Waals surface area contributed by atoms with Gasteiger partial charge in [-0.2, -0.15) is 0 Å². The molecule has 4 aliphatic carbocycles. The number of hydrogen-bond acceptors (Lipinski definition) is 2. The Bertz CT molecular complexity index is 408. The van der Waals surface area contributed by atoms with Crippen molar-refractivity contribution in [2.45, 2.75) is 57.8 Å². The average molecular weight is 252 g/mol. The summed E-state index contributed by atoms with van der Waals surface area (Å²) in [6.45, 7) is 0. The maximum Gasteiger partial charge on any atom is 0.303 e. The molecule has 4 nitrogen and oxygen atoms in total. The predicted molar refractivity (Wildman–Crippen MR) is 64.1 cm³/mol. The van der Waals surface area contributed by atoms with Crippen molar-refractivity contribution in [3.8, 4) is 0 Å². The first kappa shape index (κ1) is 12.0. The quantitative estimate of drug-likeness (QED) is 0.806. The van der Waals surface area contributed by atoms with E-state index in [0.29, 0.717) is 5.41 Å². The molecule has 0 saturated heterocycles. The van der Waals surface area contributed by atoms with Crippen molar-refractivity contribution < 1.29 is 19.8 Å². The summed E-state index contributed by atoms with van der Waals surface area (Å²) >= 11 is 0. The fourth-order valence-corrected chi connectivity index (χ4v) is 5.77. The van der Waals surface area contributed by atoms with Crippen LogP contribution in [-0.2, 0) is 9.59 Å². The third-order valence-corrected chi connectivity index (χ3v) is 5.47. The molecule has 1 unspecified atom stereocenters. The van der Waals surface area contributed by atoms with Gasteiger partial charge >= 0.3 is 11.9 Å². The molecule has 4 fully saturated rings. The van der Waals surface area contributed by atoms with Crippen molar-refractivity contribution >= 4 is 11.9 Å². The van der Waals surface area contributed by atoms with Crippen LogP contribution in [0.1, 0.15) is 57.8 Å². The molecule has 100 valence electrons. The second kappa shape index (κ2) is 3.49. The topological polar surface area (TPSA) is 74.6 Å². The van der Waals surface area contributed by atoms with Crippen molar-refractivity contribution in [1.82, 2.24) is 0 Å². The SMILES string of the molecule is O=C(O)CC12CCCC3(C1)CC(CC(=O)O)(C2)C3. The van der Waals surface area contributed by atoms with Crippen LogP contribution in [0.25, 0.3) is 0 Å². The zero-order chi connectivity index (χ0) is 13.0. The largest absolute Gasteiger partial charge is 0.481 e. The smallest absolute Gasteiger partial charge is 0.303 e. The minimum Gasteiger partial charge on any atom is -0.481 e. The minimum absolute atomic E-state index is 0.0834. The lowest BCUT2D eigenvalue weighted by molar-refractivity contribution is -0.199. The lowest BCUT2D eigenvalue weighted by atomic mass is 9.35. The van der Waals surface area contributed by atoms with Crippen molar-refractivity contribution in [2.24, 2.45) is 16.2 Å². The van der Waals surface area contributed by atoms with E-state index in [1.54, 1.807) is 0 Å². The monoisotopic (exact) mass is 252 g/mol. The van der Waals surface area contributed by atoms with Crippen LogP contribution >= 0.6 is 0 Å². The summed E-state index contributed by atoms with van der Waals surface area (Å²) in [7, 11) is 0. The normalized spacial score (nSPS) is 45.1. The first-order chi connectivity index (χ1) is 8.37. The molecule has 0 heterocycles. The number of aliphatic carboxylic acids is 2. The number of rotatable bonds is 4. The van der Waals surface area contributed by atoms with Crippen molar-refractivity contribution in [3.05, 3.63) is 0 Å². The van der Waals surface area contributed by atoms with Gasteiger partial charge < -0.3 is 10.2 Å². The van der Waals surface area contributed by atoms with E-state index >= 15 is 0 Å². The minimum atomic E-state index is -0.727. The lowest BCUT2D eigenvalue weighted by Crippen LogP contribution is -2.60. The fourth-order valence-electron chi connectivity index (χ4n) is 5.77. The first-order valence-corrected chi connectivity index (χ1v) is 6.81. The third kappa shape index (κ3) is 1.73. The van der Waals surface area contributed by atoms with E-state index in [2.05, 4.69) is 0 Å². The fraction of sp³-hybridized carbons (Fsp3) is 0.857. The van der Waals surface area contributed by atoms with Gasteiger partial charge in [-0.25, -0.2) is 0 Å². The highest BCUT2D eigenvalue weighted by Gasteiger charge is 2.65. The van der Waals surface area contributed by atoms with Crippen molar-refractivity contribution in [2.75, 3.05) is 0 Å². The van der Waals surface area contributed by atoms with Gasteiger partial charge in [0.05, 0.1) is 12.8 Å². The van der Waals surface area contributed by atoms with Crippen LogP contribution in [0.5, 0.6) is 0 Å². The Balaban J connectivity index is 1.84. The van der Waals surface area contributed by atoms with Gasteiger partial charge in [-0.1, -0.05) is 6.42 Å². The highest BCUT2D eigenvalue weighted by atomic mass is 16.4. The van der Waals surface area contributed by atoms with Gasteiger partial charge in [0.2, 0.25) is 0 Å². The van der Waals surface area contributed by atoms with Gasteiger partial charge in [0.25, 0.3) is 0 Å². The van der Waals surface area contributed by atoms with E-state index in [0.717, 1.165) is 38.5 Å². The Labute approximate surface area is 106 Å². The van der Waals surface area contributed by atoms with Crippen LogP contribution < -0.4 is 0 Å². The van der Waals surface area contributed by atoms with E-state index in [1.165, 1.54) is 6.42 Å². The lowest BCUT2D eigenvalue weighted by Gasteiger charge is -2.69. The molecule has 4 saturated carbocycles. The summed E-state index contributed by atoms with van der Waals surface area (Å²) in [5.74, 6) is -1.45. The molecule has 4 aliphatic rings. The molecule has 4 heteroatoms. The van der Waals surface area contributed by atoms with Crippen LogP contribution in [-0.4, -0.2) is 22.2 Å². The van der Waals surface area contributed by atoms with Crippen LogP contribution in [0.3, 0.4) is 0 Å². The highest BCUT2D eigenvalue weighted by Crippen LogP contribution is 2.75. The van der Waals surface area contributed by atoms with E-state index < -0.39 is 11.9 Å². The van der Waals surface area contributed by atoms with Crippen molar-refractivity contribution in [1.29, 1.82) is 0 Å². The van der Waals surface area contributed by atoms with Gasteiger partial charge in [-0.3, -0.25) is 9.59 Å². The Morgan fingerprint density at radius 3 is 2.00 bits per heavy atom. The van der Waals surface area contributed by atoms with E-state index in [9.17, 15) is 9.59 Å². The average Bonchev–Trinajstić information content (AvgIpc) is 2.10. The van der Waals surface area contributed by atoms with Gasteiger partial charge in [0, 0.05) is 0 Å². The standard InChI is InChI=1S/C14H20O4/c15-10(16)4-12-2-1-3-13(6-12)8-14(7-12,9-13)5-11(17)18/h1-9H2,(H,15,16)(H,17,18). The van der Waals surface area contributed by atoms with E-state index in [1.807, 2.05) is 0 Å². The highest BCUT2D eigenvalue weighted by molar-refractivity contribution is 5.69. The van der Waals surface area contributed by atoms with Gasteiger partial charge in [0.1, 0.15) is 0 Å². The second-order valence-electron chi connectivity index (χ2n) is 7.20. The van der Waals surface area contributed by atoms with Gasteiger partial charge in [-0.05, 0) is 54.8 Å². The molecule has 3 bridgehead atoms. The zero-order valence-corrected chi connectivity index (χ0v) is 10.6. The molecule has 0 radical (unpaired) electrons. The summed E-state index contributed by atoms with van der Waals surface area (Å²) in [6, 6.07) is 0. The molecule has 1 atom stereocenters. The summed E-state index contributed by atoms with van der Waals surface area (Å²) in [5, 5.41) is 18.2. The maximum absolute atomic E-state index is 11.1. The zero-order valence-electron chi connectivity index (χ0n) is 10.6. The third-order valence-electron chi connectivity index (χ3n) is 5.47. The summed E-state index contributed by atoms with van der Waals surface area (Å²) < 4.78 is 0. The molecule has 1 spiro atoms. The molecule has 0 aliphatic heterocycles. The molecule has 2 N–H and O–H groups in total. The van der Waals surface area contributed by atoms with E-state index in [4.69, 9.17) is 10.2 Å². The Kier molecular flexibility index (Phi) is 2.32. The Hall–Kier alpha value is -1.06. The molecule has 0 aromatic heterocycles. The molecular weight excluding hydrogens is 232 g/mol. The Morgan fingerprint density at radius 1 is 0.833 bits per heavy atom. The predicted octanol–water partition coefficient (Wildman–Crippen LogP) is 2.67. The molecule has 0 aromatic carbocycles. The molecular formula is C14H20O4. The van der Waals surface area contributed by atoms with Crippen LogP contribution in [0.4, 0.5) is 0 Å². The molecule has 4 rings (SSSR count). The second-order valence-corrected chi connectivity index (χ2v) is 7.20. The summed E-state index contributed by atoms with van der Waals surface area (Å²) in [6.07, 6.45) is 7.62. The number of carbonyl (C=O) groups is 2. The van der Waals surface area contributed by atoms with Crippen LogP contribution in [0, 0.1) is 16.2 Å². The molecule has 18 heavy (non-hydrogen) atoms.